The van der Waals surface area contributed by atoms with E-state index in [2.05, 4.69) is 27.7 Å². The van der Waals surface area contributed by atoms with Gasteiger partial charge in [0.15, 0.2) is 5.78 Å². The zero-order chi connectivity index (χ0) is 13.1. The number of fused-ring (bicyclic) bond motifs is 3. The Morgan fingerprint density at radius 3 is 2.72 bits per heavy atom. The smallest absolute Gasteiger partial charge is 0.158 e. The van der Waals surface area contributed by atoms with Crippen molar-refractivity contribution in [1.29, 1.82) is 0 Å². The lowest BCUT2D eigenvalue weighted by atomic mass is 9.59. The highest BCUT2D eigenvalue weighted by Crippen LogP contribution is 2.62. The molecule has 18 heavy (non-hydrogen) atoms. The lowest BCUT2D eigenvalue weighted by Gasteiger charge is -2.46. The summed E-state index contributed by atoms with van der Waals surface area (Å²) in [5, 5.41) is 0. The Hall–Kier alpha value is -0.590. The molecule has 0 aromatic rings. The zero-order valence-electron chi connectivity index (χ0n) is 12.3. The first kappa shape index (κ1) is 12.4. The minimum absolute atomic E-state index is 0.260. The van der Waals surface area contributed by atoms with E-state index in [9.17, 15) is 4.79 Å². The molecule has 100 valence electrons. The molecule has 0 spiro atoms. The quantitative estimate of drug-likeness (QED) is 0.620. The summed E-state index contributed by atoms with van der Waals surface area (Å²) in [4.78, 5) is 11.9. The maximum absolute atomic E-state index is 11.9. The minimum Gasteiger partial charge on any atom is -0.295 e. The van der Waals surface area contributed by atoms with Crippen LogP contribution in [0, 0.1) is 28.6 Å². The van der Waals surface area contributed by atoms with Crippen LogP contribution in [-0.4, -0.2) is 5.78 Å². The van der Waals surface area contributed by atoms with E-state index in [-0.39, 0.29) is 5.92 Å². The van der Waals surface area contributed by atoms with Crippen molar-refractivity contribution in [2.75, 3.05) is 0 Å². The summed E-state index contributed by atoms with van der Waals surface area (Å²) in [6.07, 6.45) is 8.37. The molecule has 3 aliphatic carbocycles. The fourth-order valence-corrected chi connectivity index (χ4v) is 5.24. The van der Waals surface area contributed by atoms with Gasteiger partial charge in [-0.2, -0.15) is 0 Å². The average molecular weight is 246 g/mol. The standard InChI is InChI=1S/C17H26O/c1-11-7-13-12(8-15(11)18)9-17(4)10-16(2,3)6-5-14(13)17/h8,11,13-14H,5-7,9-10H2,1-4H3/t11?,13-,14+,17+/m1/s1. The molecule has 3 aliphatic rings. The van der Waals surface area contributed by atoms with Crippen molar-refractivity contribution in [3.05, 3.63) is 11.6 Å². The largest absolute Gasteiger partial charge is 0.295 e. The molecular formula is C17H26O. The van der Waals surface area contributed by atoms with Gasteiger partial charge < -0.3 is 0 Å². The maximum atomic E-state index is 11.9. The Balaban J connectivity index is 1.93. The molecule has 1 heteroatoms. The molecule has 0 heterocycles. The maximum Gasteiger partial charge on any atom is 0.158 e. The van der Waals surface area contributed by atoms with E-state index in [0.717, 1.165) is 18.3 Å². The Labute approximate surface area is 111 Å². The number of allylic oxidation sites excluding steroid dienone is 2. The van der Waals surface area contributed by atoms with Crippen LogP contribution in [0.15, 0.2) is 11.6 Å². The van der Waals surface area contributed by atoms with Gasteiger partial charge in [-0.3, -0.25) is 4.79 Å². The van der Waals surface area contributed by atoms with Crippen LogP contribution in [-0.2, 0) is 4.79 Å². The summed E-state index contributed by atoms with van der Waals surface area (Å²) in [6, 6.07) is 0. The Morgan fingerprint density at radius 1 is 1.28 bits per heavy atom. The molecular weight excluding hydrogens is 220 g/mol. The summed E-state index contributed by atoms with van der Waals surface area (Å²) in [5.41, 5.74) is 2.45. The molecule has 0 aromatic heterocycles. The first-order valence-corrected chi connectivity index (χ1v) is 7.55. The van der Waals surface area contributed by atoms with Crippen LogP contribution in [0.25, 0.3) is 0 Å². The number of hydrogen-bond donors (Lipinski definition) is 0. The van der Waals surface area contributed by atoms with Gasteiger partial charge in [0.1, 0.15) is 0 Å². The summed E-state index contributed by atoms with van der Waals surface area (Å²) >= 11 is 0. The molecule has 0 N–H and O–H groups in total. The third-order valence-electron chi connectivity index (χ3n) is 5.90. The topological polar surface area (TPSA) is 17.1 Å². The van der Waals surface area contributed by atoms with Crippen LogP contribution in [0.1, 0.15) is 59.8 Å². The third kappa shape index (κ3) is 1.78. The highest BCUT2D eigenvalue weighted by Gasteiger charge is 2.53. The van der Waals surface area contributed by atoms with Crippen molar-refractivity contribution in [2.45, 2.75) is 59.8 Å². The fraction of sp³-hybridized carbons (Fsp3) is 0.824. The first-order valence-electron chi connectivity index (χ1n) is 7.55. The predicted molar refractivity (Wildman–Crippen MR) is 74.2 cm³/mol. The van der Waals surface area contributed by atoms with Gasteiger partial charge in [-0.05, 0) is 60.8 Å². The van der Waals surface area contributed by atoms with Gasteiger partial charge in [0.25, 0.3) is 0 Å². The third-order valence-corrected chi connectivity index (χ3v) is 5.90. The van der Waals surface area contributed by atoms with Gasteiger partial charge in [-0.15, -0.1) is 0 Å². The van der Waals surface area contributed by atoms with Gasteiger partial charge in [0.05, 0.1) is 0 Å². The first-order chi connectivity index (χ1) is 8.31. The van der Waals surface area contributed by atoms with E-state index < -0.39 is 0 Å². The lowest BCUT2D eigenvalue weighted by molar-refractivity contribution is -0.119. The fourth-order valence-electron chi connectivity index (χ4n) is 5.24. The van der Waals surface area contributed by atoms with E-state index >= 15 is 0 Å². The van der Waals surface area contributed by atoms with Crippen LogP contribution in [0.2, 0.25) is 0 Å². The highest BCUT2D eigenvalue weighted by molar-refractivity contribution is 5.93. The Bertz CT molecular complexity index is 417. The summed E-state index contributed by atoms with van der Waals surface area (Å²) in [7, 11) is 0. The second kappa shape index (κ2) is 3.71. The lowest BCUT2D eigenvalue weighted by Crippen LogP contribution is -2.37. The van der Waals surface area contributed by atoms with Crippen molar-refractivity contribution in [1.82, 2.24) is 0 Å². The van der Waals surface area contributed by atoms with Gasteiger partial charge in [0.2, 0.25) is 0 Å². The Morgan fingerprint density at radius 2 is 2.00 bits per heavy atom. The second-order valence-electron chi connectivity index (χ2n) is 8.18. The van der Waals surface area contributed by atoms with Gasteiger partial charge in [-0.1, -0.05) is 33.3 Å². The molecule has 0 aromatic carbocycles. The van der Waals surface area contributed by atoms with Crippen LogP contribution in [0.3, 0.4) is 0 Å². The van der Waals surface area contributed by atoms with Crippen LogP contribution in [0.5, 0.6) is 0 Å². The average Bonchev–Trinajstić information content (AvgIpc) is 2.47. The van der Waals surface area contributed by atoms with Crippen LogP contribution >= 0.6 is 0 Å². The van der Waals surface area contributed by atoms with Crippen molar-refractivity contribution >= 4 is 5.78 Å². The Kier molecular flexibility index (Phi) is 2.56. The summed E-state index contributed by atoms with van der Waals surface area (Å²) in [5.74, 6) is 2.20. The van der Waals surface area contributed by atoms with Gasteiger partial charge in [0, 0.05) is 5.92 Å². The van der Waals surface area contributed by atoms with E-state index in [1.54, 1.807) is 0 Å². The van der Waals surface area contributed by atoms with Gasteiger partial charge >= 0.3 is 0 Å². The molecule has 0 aliphatic heterocycles. The molecule has 0 amide bonds. The van der Waals surface area contributed by atoms with E-state index in [1.807, 2.05) is 6.08 Å². The molecule has 0 bridgehead atoms. The molecule has 3 rings (SSSR count). The number of carbonyl (C=O) groups is 1. The molecule has 2 saturated carbocycles. The van der Waals surface area contributed by atoms with Crippen molar-refractivity contribution < 1.29 is 4.79 Å². The van der Waals surface area contributed by atoms with E-state index in [0.29, 0.717) is 16.6 Å². The second-order valence-corrected chi connectivity index (χ2v) is 8.18. The van der Waals surface area contributed by atoms with Crippen molar-refractivity contribution in [3.8, 4) is 0 Å². The van der Waals surface area contributed by atoms with Crippen LogP contribution in [0.4, 0.5) is 0 Å². The van der Waals surface area contributed by atoms with E-state index in [1.165, 1.54) is 31.3 Å². The van der Waals surface area contributed by atoms with Gasteiger partial charge in [-0.25, -0.2) is 0 Å². The SMILES string of the molecule is CC1C[C@@H]2C(=CC1=O)C[C@@]1(C)CC(C)(C)CC[C@@H]21. The van der Waals surface area contributed by atoms with Crippen molar-refractivity contribution in [3.63, 3.8) is 0 Å². The molecule has 4 atom stereocenters. The molecule has 0 radical (unpaired) electrons. The van der Waals surface area contributed by atoms with Crippen molar-refractivity contribution in [2.24, 2.45) is 28.6 Å². The van der Waals surface area contributed by atoms with E-state index in [4.69, 9.17) is 0 Å². The zero-order valence-corrected chi connectivity index (χ0v) is 12.3. The predicted octanol–water partition coefficient (Wildman–Crippen LogP) is 4.37. The molecule has 1 nitrogen and oxygen atoms in total. The number of carbonyl (C=O) groups excluding carboxylic acids is 1. The summed E-state index contributed by atoms with van der Waals surface area (Å²) < 4.78 is 0. The molecule has 1 unspecified atom stereocenters. The van der Waals surface area contributed by atoms with Crippen LogP contribution < -0.4 is 0 Å². The number of ketones is 1. The monoisotopic (exact) mass is 246 g/mol. The summed E-state index contributed by atoms with van der Waals surface area (Å²) in [6.45, 7) is 9.42. The minimum atomic E-state index is 0.260. The normalized spacial score (nSPS) is 46.3. The molecule has 2 fully saturated rings. The number of rotatable bonds is 0. The highest BCUT2D eigenvalue weighted by atomic mass is 16.1. The number of hydrogen-bond acceptors (Lipinski definition) is 1. The molecule has 0 saturated heterocycles.